The summed E-state index contributed by atoms with van der Waals surface area (Å²) in [7, 11) is 1.64. The van der Waals surface area contributed by atoms with E-state index in [4.69, 9.17) is 5.73 Å². The number of anilines is 1. The molecule has 1 aromatic carbocycles. The van der Waals surface area contributed by atoms with Crippen LogP contribution in [0.5, 0.6) is 0 Å². The molecule has 0 aliphatic heterocycles. The smallest absolute Gasteiger partial charge is 0.282 e. The molecule has 8 nitrogen and oxygen atoms in total. The Morgan fingerprint density at radius 2 is 2.00 bits per heavy atom. The Morgan fingerprint density at radius 1 is 1.38 bits per heavy atom. The maximum Gasteiger partial charge on any atom is 0.282 e. The molecule has 1 rings (SSSR count). The first-order valence-corrected chi connectivity index (χ1v) is 6.23. The van der Waals surface area contributed by atoms with E-state index in [0.717, 1.165) is 0 Å². The number of nitro groups is 1. The van der Waals surface area contributed by atoms with E-state index < -0.39 is 22.3 Å². The molecule has 0 fully saturated rings. The van der Waals surface area contributed by atoms with Crippen LogP contribution >= 0.6 is 0 Å². The molecule has 8 heteroatoms. The van der Waals surface area contributed by atoms with E-state index in [1.54, 1.807) is 20.9 Å². The van der Waals surface area contributed by atoms with Crippen LogP contribution < -0.4 is 16.4 Å². The number of primary amides is 1. The van der Waals surface area contributed by atoms with Gasteiger partial charge in [0.25, 0.3) is 11.6 Å². The zero-order valence-electron chi connectivity index (χ0n) is 12.1. The van der Waals surface area contributed by atoms with Crippen LogP contribution in [0.25, 0.3) is 0 Å². The van der Waals surface area contributed by atoms with Gasteiger partial charge in [-0.05, 0) is 26.0 Å². The van der Waals surface area contributed by atoms with Gasteiger partial charge in [0.1, 0.15) is 5.56 Å². The number of hydrogen-bond acceptors (Lipinski definition) is 5. The van der Waals surface area contributed by atoms with Crippen molar-refractivity contribution < 1.29 is 14.5 Å². The van der Waals surface area contributed by atoms with Crippen molar-refractivity contribution >= 4 is 23.2 Å². The lowest BCUT2D eigenvalue weighted by atomic mass is 9.99. The summed E-state index contributed by atoms with van der Waals surface area (Å²) >= 11 is 0. The number of nitro benzene ring substituents is 1. The van der Waals surface area contributed by atoms with Crippen molar-refractivity contribution in [3.8, 4) is 0 Å². The Morgan fingerprint density at radius 3 is 2.48 bits per heavy atom. The first-order chi connectivity index (χ1) is 9.66. The molecule has 0 atom stereocenters. The van der Waals surface area contributed by atoms with E-state index in [1.165, 1.54) is 18.2 Å². The first kappa shape index (κ1) is 16.4. The minimum atomic E-state index is -0.896. The van der Waals surface area contributed by atoms with Crippen LogP contribution in [-0.2, 0) is 4.79 Å². The van der Waals surface area contributed by atoms with Crippen LogP contribution in [0.3, 0.4) is 0 Å². The van der Waals surface area contributed by atoms with Gasteiger partial charge in [0, 0.05) is 30.8 Å². The Balaban J connectivity index is 3.11. The monoisotopic (exact) mass is 294 g/mol. The molecule has 0 unspecified atom stereocenters. The van der Waals surface area contributed by atoms with E-state index >= 15 is 0 Å². The standard InChI is InChI=1S/C13H18N4O4/c1-13(2,7-11(14)18)16-12(19)9-6-8(15-3)4-5-10(9)17(20)21/h4-6,15H,7H2,1-3H3,(H2,14,18)(H,16,19). The molecule has 114 valence electrons. The summed E-state index contributed by atoms with van der Waals surface area (Å²) in [6.07, 6.45) is -0.0712. The molecule has 0 aliphatic rings. The largest absolute Gasteiger partial charge is 0.388 e. The zero-order chi connectivity index (χ0) is 16.2. The van der Waals surface area contributed by atoms with Crippen LogP contribution in [0, 0.1) is 10.1 Å². The van der Waals surface area contributed by atoms with E-state index in [1.807, 2.05) is 0 Å². The van der Waals surface area contributed by atoms with Gasteiger partial charge in [0.2, 0.25) is 5.91 Å². The summed E-state index contributed by atoms with van der Waals surface area (Å²) < 4.78 is 0. The molecule has 2 amide bonds. The number of rotatable bonds is 6. The fourth-order valence-corrected chi connectivity index (χ4v) is 1.89. The third kappa shape index (κ3) is 4.44. The molecule has 0 radical (unpaired) electrons. The maximum atomic E-state index is 12.2. The zero-order valence-corrected chi connectivity index (χ0v) is 12.1. The third-order valence-corrected chi connectivity index (χ3v) is 2.79. The van der Waals surface area contributed by atoms with Crippen LogP contribution in [-0.4, -0.2) is 29.3 Å². The number of amides is 2. The van der Waals surface area contributed by atoms with E-state index in [0.29, 0.717) is 5.69 Å². The van der Waals surface area contributed by atoms with Gasteiger partial charge in [-0.3, -0.25) is 19.7 Å². The minimum Gasteiger partial charge on any atom is -0.388 e. The molecule has 0 spiro atoms. The highest BCUT2D eigenvalue weighted by atomic mass is 16.6. The first-order valence-electron chi connectivity index (χ1n) is 6.23. The number of carbonyl (C=O) groups is 2. The summed E-state index contributed by atoms with van der Waals surface area (Å²) in [5, 5.41) is 16.4. The van der Waals surface area contributed by atoms with Gasteiger partial charge < -0.3 is 16.4 Å². The van der Waals surface area contributed by atoms with E-state index in [2.05, 4.69) is 10.6 Å². The summed E-state index contributed by atoms with van der Waals surface area (Å²) in [4.78, 5) is 33.6. The van der Waals surface area contributed by atoms with Crippen molar-refractivity contribution in [3.63, 3.8) is 0 Å². The van der Waals surface area contributed by atoms with Crippen molar-refractivity contribution in [1.82, 2.24) is 5.32 Å². The van der Waals surface area contributed by atoms with Crippen molar-refractivity contribution in [1.29, 1.82) is 0 Å². The van der Waals surface area contributed by atoms with Crippen LogP contribution in [0.4, 0.5) is 11.4 Å². The van der Waals surface area contributed by atoms with Gasteiger partial charge in [0.15, 0.2) is 0 Å². The van der Waals surface area contributed by atoms with Gasteiger partial charge in [-0.2, -0.15) is 0 Å². The third-order valence-electron chi connectivity index (χ3n) is 2.79. The van der Waals surface area contributed by atoms with E-state index in [9.17, 15) is 19.7 Å². The molecule has 0 saturated heterocycles. The van der Waals surface area contributed by atoms with Crippen molar-refractivity contribution in [2.45, 2.75) is 25.8 Å². The SMILES string of the molecule is CNc1ccc([N+](=O)[O-])c(C(=O)NC(C)(C)CC(N)=O)c1. The maximum absolute atomic E-state index is 12.2. The highest BCUT2D eigenvalue weighted by molar-refractivity contribution is 5.99. The lowest BCUT2D eigenvalue weighted by molar-refractivity contribution is -0.385. The van der Waals surface area contributed by atoms with Crippen molar-refractivity contribution in [3.05, 3.63) is 33.9 Å². The predicted octanol–water partition coefficient (Wildman–Crippen LogP) is 1.02. The Bertz CT molecular complexity index is 584. The summed E-state index contributed by atoms with van der Waals surface area (Å²) in [5.41, 5.74) is 4.40. The number of benzene rings is 1. The number of nitrogens with zero attached hydrogens (tertiary/aromatic N) is 1. The Kier molecular flexibility index (Phi) is 4.85. The molecular weight excluding hydrogens is 276 g/mol. The Hall–Kier alpha value is -2.64. The molecular formula is C13H18N4O4. The molecule has 0 saturated carbocycles. The molecule has 0 aromatic heterocycles. The molecule has 0 aliphatic carbocycles. The van der Waals surface area contributed by atoms with Gasteiger partial charge in [-0.25, -0.2) is 0 Å². The van der Waals surface area contributed by atoms with Gasteiger partial charge in [-0.15, -0.1) is 0 Å². The number of carbonyl (C=O) groups excluding carboxylic acids is 2. The minimum absolute atomic E-state index is 0.0712. The van der Waals surface area contributed by atoms with Gasteiger partial charge >= 0.3 is 0 Å². The predicted molar refractivity (Wildman–Crippen MR) is 78.0 cm³/mol. The number of nitrogens with two attached hydrogens (primary N) is 1. The van der Waals surface area contributed by atoms with Crippen LogP contribution in [0.2, 0.25) is 0 Å². The number of hydrogen-bond donors (Lipinski definition) is 3. The second-order valence-corrected chi connectivity index (χ2v) is 5.22. The van der Waals surface area contributed by atoms with Gasteiger partial charge in [-0.1, -0.05) is 0 Å². The molecule has 0 bridgehead atoms. The quantitative estimate of drug-likeness (QED) is 0.533. The Labute approximate surface area is 121 Å². The van der Waals surface area contributed by atoms with Crippen molar-refractivity contribution in [2.24, 2.45) is 5.73 Å². The lowest BCUT2D eigenvalue weighted by Gasteiger charge is -2.24. The fourth-order valence-electron chi connectivity index (χ4n) is 1.89. The molecule has 4 N–H and O–H groups in total. The highest BCUT2D eigenvalue weighted by Gasteiger charge is 2.27. The average molecular weight is 294 g/mol. The second kappa shape index (κ2) is 6.21. The summed E-state index contributed by atoms with van der Waals surface area (Å²) in [6.45, 7) is 3.23. The number of nitrogens with one attached hydrogen (secondary N) is 2. The molecule has 0 heterocycles. The molecule has 21 heavy (non-hydrogen) atoms. The normalized spacial score (nSPS) is 10.8. The molecule has 1 aromatic rings. The average Bonchev–Trinajstić information content (AvgIpc) is 2.35. The summed E-state index contributed by atoms with van der Waals surface area (Å²) in [5.74, 6) is -1.20. The fraction of sp³-hybridized carbons (Fsp3) is 0.385. The second-order valence-electron chi connectivity index (χ2n) is 5.22. The van der Waals surface area contributed by atoms with E-state index in [-0.39, 0.29) is 17.7 Å². The van der Waals surface area contributed by atoms with Crippen LogP contribution in [0.15, 0.2) is 18.2 Å². The lowest BCUT2D eigenvalue weighted by Crippen LogP contribution is -2.46. The van der Waals surface area contributed by atoms with Crippen molar-refractivity contribution in [2.75, 3.05) is 12.4 Å². The van der Waals surface area contributed by atoms with Crippen LogP contribution in [0.1, 0.15) is 30.6 Å². The summed E-state index contributed by atoms with van der Waals surface area (Å²) in [6, 6.07) is 4.14. The highest BCUT2D eigenvalue weighted by Crippen LogP contribution is 2.23. The topological polar surface area (TPSA) is 127 Å². The van der Waals surface area contributed by atoms with Gasteiger partial charge in [0.05, 0.1) is 4.92 Å².